The molecule has 104 valence electrons. The second-order valence-electron chi connectivity index (χ2n) is 4.62. The second-order valence-corrected chi connectivity index (χ2v) is 4.62. The maximum absolute atomic E-state index is 10.5. The van der Waals surface area contributed by atoms with E-state index in [1.165, 1.54) is 0 Å². The number of aryl methyl sites for hydroxylation is 1. The van der Waals surface area contributed by atoms with Crippen LogP contribution >= 0.6 is 0 Å². The van der Waals surface area contributed by atoms with Gasteiger partial charge in [0, 0.05) is 24.9 Å². The summed E-state index contributed by atoms with van der Waals surface area (Å²) >= 11 is 0. The first-order valence-corrected chi connectivity index (χ1v) is 6.63. The molecule has 4 nitrogen and oxygen atoms in total. The molecule has 0 fully saturated rings. The summed E-state index contributed by atoms with van der Waals surface area (Å²) < 4.78 is 0. The lowest BCUT2D eigenvalue weighted by atomic mass is 10.1. The van der Waals surface area contributed by atoms with Crippen LogP contribution in [0.2, 0.25) is 0 Å². The molecule has 1 N–H and O–H groups in total. The van der Waals surface area contributed by atoms with Gasteiger partial charge >= 0.3 is 5.97 Å². The van der Waals surface area contributed by atoms with E-state index in [-0.39, 0.29) is 0 Å². The van der Waals surface area contributed by atoms with E-state index >= 15 is 0 Å². The van der Waals surface area contributed by atoms with Crippen molar-refractivity contribution in [2.45, 2.75) is 40.2 Å². The minimum absolute atomic E-state index is 0.441. The molecule has 0 amide bonds. The lowest BCUT2D eigenvalue weighted by Gasteiger charge is -2.29. The molecule has 0 spiro atoms. The van der Waals surface area contributed by atoms with Crippen molar-refractivity contribution in [1.29, 1.82) is 0 Å². The van der Waals surface area contributed by atoms with Crippen molar-refractivity contribution in [2.24, 2.45) is 0 Å². The topological polar surface area (TPSA) is 53.4 Å². The summed E-state index contributed by atoms with van der Waals surface area (Å²) in [5.41, 5.74) is 1.87. The third-order valence-corrected chi connectivity index (χ3v) is 3.23. The molecular weight excluding hydrogens is 240 g/mol. The number of carboxylic acids is 1. The van der Waals surface area contributed by atoms with Gasteiger partial charge in [-0.1, -0.05) is 6.92 Å². The largest absolute Gasteiger partial charge is 0.478 e. The van der Waals surface area contributed by atoms with Crippen molar-refractivity contribution >= 4 is 17.9 Å². The van der Waals surface area contributed by atoms with Gasteiger partial charge in [-0.05, 0) is 50.5 Å². The molecule has 19 heavy (non-hydrogen) atoms. The Morgan fingerprint density at radius 3 is 2.68 bits per heavy atom. The molecule has 0 bridgehead atoms. The van der Waals surface area contributed by atoms with Gasteiger partial charge in [0.15, 0.2) is 0 Å². The Bertz CT molecular complexity index is 469. The van der Waals surface area contributed by atoms with E-state index in [9.17, 15) is 4.79 Å². The molecular formula is C15H22N2O2. The Morgan fingerprint density at radius 2 is 2.21 bits per heavy atom. The Kier molecular flexibility index (Phi) is 5.55. The summed E-state index contributed by atoms with van der Waals surface area (Å²) in [6.07, 6.45) is 5.47. The molecule has 0 aliphatic rings. The number of carboxylic acid groups (broad SMARTS) is 1. The van der Waals surface area contributed by atoms with E-state index in [0.29, 0.717) is 6.04 Å². The fourth-order valence-electron chi connectivity index (χ4n) is 2.04. The van der Waals surface area contributed by atoms with Gasteiger partial charge in [0.2, 0.25) is 0 Å². The van der Waals surface area contributed by atoms with Crippen LogP contribution in [0.5, 0.6) is 0 Å². The fraction of sp³-hybridized carbons (Fsp3) is 0.467. The first kappa shape index (κ1) is 15.2. The Hall–Kier alpha value is -1.84. The number of rotatable bonds is 6. The third-order valence-electron chi connectivity index (χ3n) is 3.23. The van der Waals surface area contributed by atoms with Gasteiger partial charge in [-0.25, -0.2) is 9.78 Å². The molecule has 4 heteroatoms. The monoisotopic (exact) mass is 262 g/mol. The number of nitrogens with zero attached hydrogens (tertiary/aromatic N) is 2. The number of pyridine rings is 1. The Balaban J connectivity index is 3.02. The highest BCUT2D eigenvalue weighted by atomic mass is 16.4. The first-order valence-electron chi connectivity index (χ1n) is 6.63. The minimum atomic E-state index is -0.948. The van der Waals surface area contributed by atoms with E-state index in [4.69, 9.17) is 5.11 Å². The van der Waals surface area contributed by atoms with Crippen molar-refractivity contribution in [3.63, 3.8) is 0 Å². The number of carbonyl (C=O) groups is 1. The molecule has 0 radical (unpaired) electrons. The predicted molar refractivity (Wildman–Crippen MR) is 78.4 cm³/mol. The van der Waals surface area contributed by atoms with Gasteiger partial charge in [-0.2, -0.15) is 0 Å². The van der Waals surface area contributed by atoms with Crippen LogP contribution in [-0.2, 0) is 4.79 Å². The molecule has 0 aromatic carbocycles. The highest BCUT2D eigenvalue weighted by Crippen LogP contribution is 2.21. The predicted octanol–water partition coefficient (Wildman–Crippen LogP) is 3.11. The van der Waals surface area contributed by atoms with Gasteiger partial charge in [0.25, 0.3) is 0 Å². The Labute approximate surface area is 114 Å². The molecule has 0 saturated heterocycles. The van der Waals surface area contributed by atoms with E-state index in [1.54, 1.807) is 12.3 Å². The van der Waals surface area contributed by atoms with Gasteiger partial charge < -0.3 is 10.0 Å². The van der Waals surface area contributed by atoms with Crippen LogP contribution in [0, 0.1) is 6.92 Å². The molecule has 0 aliphatic heterocycles. The van der Waals surface area contributed by atoms with Gasteiger partial charge in [0.1, 0.15) is 5.82 Å². The summed E-state index contributed by atoms with van der Waals surface area (Å²) in [5.74, 6) is 0.0286. The standard InChI is InChI=1S/C15H22N2O2/c1-5-12(4)17(6-2)15-11(3)9-13(10-16-15)7-8-14(18)19/h7-10,12H,5-6H2,1-4H3,(H,18,19)/b8-7+. The number of anilines is 1. The number of aromatic nitrogens is 1. The average Bonchev–Trinajstić information content (AvgIpc) is 2.38. The molecule has 1 atom stereocenters. The van der Waals surface area contributed by atoms with Crippen molar-refractivity contribution in [3.8, 4) is 0 Å². The lowest BCUT2D eigenvalue weighted by Crippen LogP contribution is -2.33. The highest BCUT2D eigenvalue weighted by Gasteiger charge is 2.14. The SMILES string of the molecule is CCC(C)N(CC)c1ncc(/C=C/C(=O)O)cc1C. The molecule has 1 unspecified atom stereocenters. The average molecular weight is 262 g/mol. The maximum Gasteiger partial charge on any atom is 0.328 e. The van der Waals surface area contributed by atoms with Crippen LogP contribution in [0.15, 0.2) is 18.3 Å². The molecule has 1 aromatic heterocycles. The van der Waals surface area contributed by atoms with Crippen LogP contribution in [0.25, 0.3) is 6.08 Å². The van der Waals surface area contributed by atoms with Crippen LogP contribution < -0.4 is 4.90 Å². The smallest absolute Gasteiger partial charge is 0.328 e. The molecule has 1 heterocycles. The lowest BCUT2D eigenvalue weighted by molar-refractivity contribution is -0.131. The summed E-state index contributed by atoms with van der Waals surface area (Å²) in [6.45, 7) is 9.37. The number of aliphatic carboxylic acids is 1. The number of hydrogen-bond acceptors (Lipinski definition) is 3. The van der Waals surface area contributed by atoms with E-state index < -0.39 is 5.97 Å². The van der Waals surface area contributed by atoms with Gasteiger partial charge in [-0.15, -0.1) is 0 Å². The zero-order valence-electron chi connectivity index (χ0n) is 12.1. The van der Waals surface area contributed by atoms with E-state index in [0.717, 1.165) is 36.0 Å². The summed E-state index contributed by atoms with van der Waals surface area (Å²) in [5, 5.41) is 8.61. The summed E-state index contributed by atoms with van der Waals surface area (Å²) in [7, 11) is 0. The molecule has 0 saturated carbocycles. The van der Waals surface area contributed by atoms with Crippen LogP contribution in [-0.4, -0.2) is 28.6 Å². The quantitative estimate of drug-likeness (QED) is 0.800. The van der Waals surface area contributed by atoms with Crippen LogP contribution in [0.3, 0.4) is 0 Å². The van der Waals surface area contributed by atoms with Crippen molar-refractivity contribution in [3.05, 3.63) is 29.5 Å². The van der Waals surface area contributed by atoms with E-state index in [2.05, 4.69) is 30.7 Å². The van der Waals surface area contributed by atoms with Crippen LogP contribution in [0.1, 0.15) is 38.3 Å². The van der Waals surface area contributed by atoms with Crippen molar-refractivity contribution < 1.29 is 9.90 Å². The number of hydrogen-bond donors (Lipinski definition) is 1. The van der Waals surface area contributed by atoms with E-state index in [1.807, 2.05) is 13.0 Å². The summed E-state index contributed by atoms with van der Waals surface area (Å²) in [6, 6.07) is 2.41. The highest BCUT2D eigenvalue weighted by molar-refractivity contribution is 5.85. The minimum Gasteiger partial charge on any atom is -0.478 e. The Morgan fingerprint density at radius 1 is 1.53 bits per heavy atom. The zero-order valence-corrected chi connectivity index (χ0v) is 12.1. The first-order chi connectivity index (χ1) is 8.99. The normalized spacial score (nSPS) is 12.6. The van der Waals surface area contributed by atoms with Crippen molar-refractivity contribution in [2.75, 3.05) is 11.4 Å². The van der Waals surface area contributed by atoms with Gasteiger partial charge in [-0.3, -0.25) is 0 Å². The molecule has 1 rings (SSSR count). The maximum atomic E-state index is 10.5. The van der Waals surface area contributed by atoms with Crippen molar-refractivity contribution in [1.82, 2.24) is 4.98 Å². The second kappa shape index (κ2) is 6.92. The molecule has 0 aliphatic carbocycles. The zero-order chi connectivity index (χ0) is 14.4. The fourth-order valence-corrected chi connectivity index (χ4v) is 2.04. The summed E-state index contributed by atoms with van der Waals surface area (Å²) in [4.78, 5) is 17.2. The van der Waals surface area contributed by atoms with Crippen LogP contribution in [0.4, 0.5) is 5.82 Å². The van der Waals surface area contributed by atoms with Gasteiger partial charge in [0.05, 0.1) is 0 Å². The third kappa shape index (κ3) is 4.09. The molecule has 1 aromatic rings.